The zero-order valence-electron chi connectivity index (χ0n) is 16.4. The normalized spacial score (nSPS) is 12.9. The Morgan fingerprint density at radius 2 is 1.34 bits per heavy atom. The van der Waals surface area contributed by atoms with Crippen LogP contribution in [0.15, 0.2) is 70.5 Å². The molecule has 1 atom stereocenters. The van der Waals surface area contributed by atoms with Gasteiger partial charge in [0.25, 0.3) is 9.84 Å². The first-order valence-corrected chi connectivity index (χ1v) is 12.7. The van der Waals surface area contributed by atoms with E-state index in [0.29, 0.717) is 6.42 Å². The van der Waals surface area contributed by atoms with Gasteiger partial charge in [0.05, 0.1) is 9.79 Å². The summed E-state index contributed by atoms with van der Waals surface area (Å²) in [6, 6.07) is 15.1. The summed E-state index contributed by atoms with van der Waals surface area (Å²) in [5.41, 5.74) is 9.59. The molecule has 1 unspecified atom stereocenters. The molecule has 2 rings (SSSR count). The lowest BCUT2D eigenvalue weighted by Gasteiger charge is -2.14. The van der Waals surface area contributed by atoms with Gasteiger partial charge in [0.1, 0.15) is 0 Å². The fraction of sp³-hybridized carbons (Fsp3) is 0.381. The Balaban J connectivity index is 2.47. The van der Waals surface area contributed by atoms with Crippen molar-refractivity contribution in [2.24, 2.45) is 0 Å². The number of hydrogen-bond acceptors (Lipinski definition) is 4. The molecule has 0 bridgehead atoms. The Kier molecular flexibility index (Phi) is 8.32. The lowest BCUT2D eigenvalue weighted by atomic mass is 10.1. The first kappa shape index (κ1) is 23.0. The highest BCUT2D eigenvalue weighted by Crippen LogP contribution is 2.26. The largest absolute Gasteiger partial charge is 0.404 e. The molecule has 2 aromatic carbocycles. The van der Waals surface area contributed by atoms with Crippen LogP contribution in [0.5, 0.6) is 0 Å². The van der Waals surface area contributed by atoms with Crippen molar-refractivity contribution in [1.29, 1.82) is 0 Å². The van der Waals surface area contributed by atoms with Crippen LogP contribution in [0.3, 0.4) is 0 Å². The number of unbranched alkanes of at least 4 members (excludes halogenated alkanes) is 4. The fourth-order valence-electron chi connectivity index (χ4n) is 3.13. The van der Waals surface area contributed by atoms with Gasteiger partial charge in [-0.05, 0) is 30.7 Å². The van der Waals surface area contributed by atoms with E-state index in [2.05, 4.69) is 11.7 Å². The smallest absolute Gasteiger partial charge is 0.360 e. The van der Waals surface area contributed by atoms with Gasteiger partial charge in [-0.2, -0.15) is 4.79 Å². The maximum absolute atomic E-state index is 13.3. The summed E-state index contributed by atoms with van der Waals surface area (Å²) >= 11 is 0. The molecule has 0 heterocycles. The van der Waals surface area contributed by atoms with Crippen LogP contribution in [-0.4, -0.2) is 31.9 Å². The van der Waals surface area contributed by atoms with Crippen molar-refractivity contribution >= 4 is 24.7 Å². The molecule has 0 fully saturated rings. The van der Waals surface area contributed by atoms with Crippen molar-refractivity contribution < 1.29 is 21.6 Å². The third-order valence-electron chi connectivity index (χ3n) is 4.72. The number of nitrogens with zero attached hydrogens (tertiary/aromatic N) is 2. The van der Waals surface area contributed by atoms with Gasteiger partial charge in [0, 0.05) is 0 Å². The highest BCUT2D eigenvalue weighted by Gasteiger charge is 2.45. The Hall–Kier alpha value is -2.28. The zero-order chi connectivity index (χ0) is 21.3. The predicted molar refractivity (Wildman–Crippen MR) is 113 cm³/mol. The second kappa shape index (κ2) is 10.5. The molecule has 0 aliphatic carbocycles. The van der Waals surface area contributed by atoms with Crippen molar-refractivity contribution in [1.82, 2.24) is 0 Å². The highest BCUT2D eigenvalue weighted by molar-refractivity contribution is 8.08. The molecule has 0 aliphatic rings. The van der Waals surface area contributed by atoms with Gasteiger partial charge >= 0.3 is 5.04 Å². The lowest BCUT2D eigenvalue weighted by molar-refractivity contribution is -0.00318. The van der Waals surface area contributed by atoms with Crippen LogP contribution in [0.25, 0.3) is 5.53 Å². The van der Waals surface area contributed by atoms with E-state index in [4.69, 9.17) is 0 Å². The fourth-order valence-corrected chi connectivity index (χ4v) is 6.87. The molecule has 2 aromatic rings. The molecule has 0 saturated carbocycles. The number of rotatable bonds is 10. The minimum absolute atomic E-state index is 0.00275. The Bertz CT molecular complexity index is 1040. The molecule has 156 valence electrons. The van der Waals surface area contributed by atoms with E-state index in [9.17, 15) is 22.4 Å². The zero-order valence-corrected chi connectivity index (χ0v) is 18.1. The molecule has 0 spiro atoms. The van der Waals surface area contributed by atoms with E-state index < -0.39 is 30.0 Å². The number of hydrogen-bond donors (Lipinski definition) is 0. The third-order valence-corrected chi connectivity index (χ3v) is 8.82. The summed E-state index contributed by atoms with van der Waals surface area (Å²) in [4.78, 5) is 2.89. The van der Waals surface area contributed by atoms with E-state index in [-0.39, 0.29) is 16.2 Å². The van der Waals surface area contributed by atoms with Crippen LogP contribution in [0.4, 0.5) is 0 Å². The van der Waals surface area contributed by atoms with Gasteiger partial charge in [0.2, 0.25) is 0 Å². The Morgan fingerprint density at radius 1 is 0.828 bits per heavy atom. The van der Waals surface area contributed by atoms with Crippen molar-refractivity contribution in [3.63, 3.8) is 0 Å². The quantitative estimate of drug-likeness (QED) is 0.183. The van der Waals surface area contributed by atoms with E-state index >= 15 is 0 Å². The van der Waals surface area contributed by atoms with Crippen LogP contribution in [-0.2, 0) is 19.7 Å². The van der Waals surface area contributed by atoms with E-state index in [1.807, 2.05) is 0 Å². The first-order chi connectivity index (χ1) is 13.9. The molecule has 0 radical (unpaired) electrons. The molecular weight excluding hydrogens is 408 g/mol. The molecule has 8 heteroatoms. The minimum atomic E-state index is -4.27. The average Bonchev–Trinajstić information content (AvgIpc) is 2.74. The second-order valence-corrected chi connectivity index (χ2v) is 10.8. The molecule has 0 saturated heterocycles. The molecule has 0 N–H and O–H groups in total. The molecule has 0 aromatic heterocycles. The van der Waals surface area contributed by atoms with Gasteiger partial charge in [-0.1, -0.05) is 75.4 Å². The molecule has 0 aliphatic heterocycles. The summed E-state index contributed by atoms with van der Waals surface area (Å²) in [6.07, 6.45) is 4.35. The second-order valence-electron chi connectivity index (χ2n) is 6.80. The van der Waals surface area contributed by atoms with Crippen molar-refractivity contribution in [2.75, 3.05) is 0 Å². The van der Waals surface area contributed by atoms with Gasteiger partial charge in [-0.3, -0.25) is 0 Å². The minimum Gasteiger partial charge on any atom is -0.360 e. The number of sulfone groups is 2. The topological polar surface area (TPSA) is 105 Å². The maximum atomic E-state index is 13.3. The standard InChI is InChI=1S/C21H26N2O4S2/c1-2-3-4-5-12-17-20(28(24,25)18-13-8-6-9-14-18)21(23-22)29(26,27)19-15-10-7-11-16-19/h6-11,13-16,20H,2-5,12,17H2,1H3. The summed E-state index contributed by atoms with van der Waals surface area (Å²) in [6.45, 7) is 2.08. The van der Waals surface area contributed by atoms with E-state index in [1.54, 1.807) is 24.3 Å². The number of benzene rings is 2. The van der Waals surface area contributed by atoms with Crippen LogP contribution >= 0.6 is 0 Å². The SMILES string of the molecule is CCCCCCCC(C(=[N+]=[N-])S(=O)(=O)c1ccccc1)S(=O)(=O)c1ccccc1. The molecule has 29 heavy (non-hydrogen) atoms. The summed E-state index contributed by atoms with van der Waals surface area (Å²) in [7, 11) is -8.33. The lowest BCUT2D eigenvalue weighted by Crippen LogP contribution is -2.36. The summed E-state index contributed by atoms with van der Waals surface area (Å²) in [5.74, 6) is 0. The van der Waals surface area contributed by atoms with Crippen LogP contribution in [0.1, 0.15) is 45.4 Å². The van der Waals surface area contributed by atoms with Crippen molar-refractivity contribution in [3.8, 4) is 0 Å². The Morgan fingerprint density at radius 3 is 1.86 bits per heavy atom. The van der Waals surface area contributed by atoms with Gasteiger partial charge in [0.15, 0.2) is 15.1 Å². The van der Waals surface area contributed by atoms with Gasteiger partial charge < -0.3 is 5.53 Å². The molecule has 0 amide bonds. The van der Waals surface area contributed by atoms with Crippen molar-refractivity contribution in [3.05, 3.63) is 66.2 Å². The van der Waals surface area contributed by atoms with Crippen LogP contribution < -0.4 is 0 Å². The summed E-state index contributed by atoms with van der Waals surface area (Å²) in [5, 5.41) is -2.19. The Labute approximate surface area is 173 Å². The molecular formula is C21H26N2O4S2. The first-order valence-electron chi connectivity index (χ1n) is 9.66. The predicted octanol–water partition coefficient (Wildman–Crippen LogP) is 4.29. The van der Waals surface area contributed by atoms with Crippen LogP contribution in [0.2, 0.25) is 0 Å². The molecule has 6 nitrogen and oxygen atoms in total. The van der Waals surface area contributed by atoms with Gasteiger partial charge in [-0.15, -0.1) is 0 Å². The van der Waals surface area contributed by atoms with E-state index in [1.165, 1.54) is 36.4 Å². The van der Waals surface area contributed by atoms with Crippen molar-refractivity contribution in [2.45, 2.75) is 60.5 Å². The average molecular weight is 435 g/mol. The highest BCUT2D eigenvalue weighted by atomic mass is 32.2. The summed E-state index contributed by atoms with van der Waals surface area (Å²) < 4.78 is 52.7. The monoisotopic (exact) mass is 434 g/mol. The third kappa shape index (κ3) is 5.63. The van der Waals surface area contributed by atoms with Gasteiger partial charge in [-0.25, -0.2) is 16.8 Å². The van der Waals surface area contributed by atoms with E-state index in [0.717, 1.165) is 25.7 Å². The maximum Gasteiger partial charge on any atom is 0.404 e. The van der Waals surface area contributed by atoms with Crippen LogP contribution in [0, 0.1) is 0 Å².